The van der Waals surface area contributed by atoms with Gasteiger partial charge >= 0.3 is 6.03 Å². The van der Waals surface area contributed by atoms with Gasteiger partial charge in [-0.2, -0.15) is 0 Å². The highest BCUT2D eigenvalue weighted by Gasteiger charge is 2.47. The van der Waals surface area contributed by atoms with Crippen molar-refractivity contribution in [1.29, 1.82) is 0 Å². The maximum absolute atomic E-state index is 12.9. The van der Waals surface area contributed by atoms with E-state index in [1.165, 1.54) is 14.2 Å². The largest absolute Gasteiger partial charge is 0.497 e. The predicted octanol–water partition coefficient (Wildman–Crippen LogP) is 2.59. The Morgan fingerprint density at radius 3 is 2.50 bits per heavy atom. The van der Waals surface area contributed by atoms with Gasteiger partial charge in [0, 0.05) is 6.07 Å². The second-order valence-electron chi connectivity index (χ2n) is 7.25. The fraction of sp³-hybridized carbons (Fsp3) is 0.318. The number of anilines is 1. The Balaban J connectivity index is 1.64. The van der Waals surface area contributed by atoms with Crippen LogP contribution in [0.5, 0.6) is 11.5 Å². The number of benzene rings is 2. The lowest BCUT2D eigenvalue weighted by Gasteiger charge is -2.21. The third kappa shape index (κ3) is 4.53. The molecule has 0 unspecified atom stereocenters. The summed E-state index contributed by atoms with van der Waals surface area (Å²) in [7, 11) is 3.00. The van der Waals surface area contributed by atoms with Gasteiger partial charge in [0.1, 0.15) is 23.6 Å². The van der Waals surface area contributed by atoms with E-state index in [0.717, 1.165) is 10.5 Å². The van der Waals surface area contributed by atoms with E-state index in [-0.39, 0.29) is 6.54 Å². The molecule has 2 aromatic carbocycles. The number of carbonyl (C=O) groups excluding carboxylic acids is 3. The minimum Gasteiger partial charge on any atom is -0.497 e. The summed E-state index contributed by atoms with van der Waals surface area (Å²) in [6.45, 7) is 1.29. The number of hydrogen-bond donors (Lipinski definition) is 2. The average Bonchev–Trinajstić information content (AvgIpc) is 2.96. The first kappa shape index (κ1) is 21.2. The lowest BCUT2D eigenvalue weighted by molar-refractivity contribution is -0.133. The smallest absolute Gasteiger partial charge is 0.325 e. The fourth-order valence-corrected chi connectivity index (χ4v) is 3.33. The van der Waals surface area contributed by atoms with E-state index in [0.29, 0.717) is 30.0 Å². The Bertz CT molecular complexity index is 947. The summed E-state index contributed by atoms with van der Waals surface area (Å²) in [6, 6.07) is 14.1. The lowest BCUT2D eigenvalue weighted by atomic mass is 9.93. The van der Waals surface area contributed by atoms with Crippen molar-refractivity contribution in [3.8, 4) is 11.5 Å². The molecule has 0 radical (unpaired) electrons. The summed E-state index contributed by atoms with van der Waals surface area (Å²) in [5.74, 6) is 0.0651. The fourth-order valence-electron chi connectivity index (χ4n) is 3.33. The van der Waals surface area contributed by atoms with Crippen molar-refractivity contribution in [3.05, 3.63) is 54.1 Å². The van der Waals surface area contributed by atoms with Crippen molar-refractivity contribution in [2.75, 3.05) is 26.1 Å². The highest BCUT2D eigenvalue weighted by atomic mass is 16.5. The van der Waals surface area contributed by atoms with Crippen molar-refractivity contribution in [3.63, 3.8) is 0 Å². The van der Waals surface area contributed by atoms with Crippen LogP contribution in [0.3, 0.4) is 0 Å². The number of rotatable bonds is 8. The number of nitrogens with one attached hydrogen (secondary N) is 2. The van der Waals surface area contributed by atoms with Gasteiger partial charge in [-0.3, -0.25) is 14.5 Å². The SMILES string of the molecule is COc1ccc(NC(=O)CN2C(=O)N[C@@](C)(CCc3ccccc3)C2=O)c(OC)c1. The molecule has 8 heteroatoms. The van der Waals surface area contributed by atoms with Gasteiger partial charge in [0.05, 0.1) is 19.9 Å². The van der Waals surface area contributed by atoms with Crippen LogP contribution < -0.4 is 20.1 Å². The van der Waals surface area contributed by atoms with E-state index in [1.54, 1.807) is 25.1 Å². The molecule has 30 heavy (non-hydrogen) atoms. The molecule has 8 nitrogen and oxygen atoms in total. The third-order valence-corrected chi connectivity index (χ3v) is 5.09. The van der Waals surface area contributed by atoms with Gasteiger partial charge in [0.15, 0.2) is 0 Å². The van der Waals surface area contributed by atoms with Gasteiger partial charge in [-0.1, -0.05) is 30.3 Å². The zero-order valence-corrected chi connectivity index (χ0v) is 17.2. The minimum atomic E-state index is -1.05. The van der Waals surface area contributed by atoms with Crippen LogP contribution in [0.4, 0.5) is 10.5 Å². The van der Waals surface area contributed by atoms with E-state index < -0.39 is 23.4 Å². The van der Waals surface area contributed by atoms with E-state index >= 15 is 0 Å². The standard InChI is InChI=1S/C22H25N3O5/c1-22(12-11-15-7-5-4-6-8-15)20(27)25(21(28)24-22)14-19(26)23-17-10-9-16(29-2)13-18(17)30-3/h4-10,13H,11-12,14H2,1-3H3,(H,23,26)(H,24,28)/t22-/m0/s1. The normalized spacial score (nSPS) is 18.2. The number of amides is 4. The monoisotopic (exact) mass is 411 g/mol. The Labute approximate surface area is 175 Å². The zero-order chi connectivity index (χ0) is 21.7. The molecule has 1 saturated heterocycles. The molecule has 0 bridgehead atoms. The van der Waals surface area contributed by atoms with Crippen molar-refractivity contribution < 1.29 is 23.9 Å². The van der Waals surface area contributed by atoms with Crippen LogP contribution in [0.15, 0.2) is 48.5 Å². The Morgan fingerprint density at radius 1 is 1.10 bits per heavy atom. The molecule has 0 spiro atoms. The molecule has 1 atom stereocenters. The molecule has 4 amide bonds. The van der Waals surface area contributed by atoms with Crippen molar-refractivity contribution in [2.24, 2.45) is 0 Å². The second-order valence-corrected chi connectivity index (χ2v) is 7.25. The van der Waals surface area contributed by atoms with E-state index in [9.17, 15) is 14.4 Å². The molecular formula is C22H25N3O5. The number of carbonyl (C=O) groups is 3. The van der Waals surface area contributed by atoms with Gasteiger partial charge in [-0.25, -0.2) is 4.79 Å². The maximum Gasteiger partial charge on any atom is 0.325 e. The molecule has 1 fully saturated rings. The summed E-state index contributed by atoms with van der Waals surface area (Å²) in [5.41, 5.74) is 0.441. The van der Waals surface area contributed by atoms with Crippen LogP contribution in [-0.4, -0.2) is 49.0 Å². The van der Waals surface area contributed by atoms with Crippen LogP contribution in [0.1, 0.15) is 18.9 Å². The molecule has 2 N–H and O–H groups in total. The van der Waals surface area contributed by atoms with E-state index in [4.69, 9.17) is 9.47 Å². The quantitative estimate of drug-likeness (QED) is 0.651. The van der Waals surface area contributed by atoms with Gasteiger partial charge in [-0.05, 0) is 37.5 Å². The summed E-state index contributed by atoms with van der Waals surface area (Å²) in [4.78, 5) is 38.7. The number of nitrogens with zero attached hydrogens (tertiary/aromatic N) is 1. The van der Waals surface area contributed by atoms with Crippen LogP contribution in [0, 0.1) is 0 Å². The molecule has 3 rings (SSSR count). The molecule has 0 aromatic heterocycles. The highest BCUT2D eigenvalue weighted by molar-refractivity contribution is 6.10. The summed E-state index contributed by atoms with van der Waals surface area (Å²) < 4.78 is 10.4. The number of urea groups is 1. The van der Waals surface area contributed by atoms with Crippen molar-refractivity contribution in [1.82, 2.24) is 10.2 Å². The average molecular weight is 411 g/mol. The highest BCUT2D eigenvalue weighted by Crippen LogP contribution is 2.29. The number of methoxy groups -OCH3 is 2. The third-order valence-electron chi connectivity index (χ3n) is 5.09. The van der Waals surface area contributed by atoms with E-state index in [1.807, 2.05) is 30.3 Å². The van der Waals surface area contributed by atoms with Gasteiger partial charge in [0.25, 0.3) is 5.91 Å². The number of aryl methyl sites for hydroxylation is 1. The number of hydrogen-bond acceptors (Lipinski definition) is 5. The molecule has 2 aromatic rings. The molecule has 0 aliphatic carbocycles. The lowest BCUT2D eigenvalue weighted by Crippen LogP contribution is -2.45. The van der Waals surface area contributed by atoms with Gasteiger partial charge in [0.2, 0.25) is 5.91 Å². The molecule has 1 aliphatic heterocycles. The van der Waals surface area contributed by atoms with Gasteiger partial charge in [-0.15, -0.1) is 0 Å². The van der Waals surface area contributed by atoms with Crippen LogP contribution in [0.2, 0.25) is 0 Å². The maximum atomic E-state index is 12.9. The van der Waals surface area contributed by atoms with Crippen molar-refractivity contribution in [2.45, 2.75) is 25.3 Å². The minimum absolute atomic E-state index is 0.388. The van der Waals surface area contributed by atoms with E-state index in [2.05, 4.69) is 10.6 Å². The number of imide groups is 1. The van der Waals surface area contributed by atoms with Crippen molar-refractivity contribution >= 4 is 23.5 Å². The molecule has 1 aliphatic rings. The molecule has 158 valence electrons. The molecule has 0 saturated carbocycles. The first-order chi connectivity index (χ1) is 14.4. The second kappa shape index (κ2) is 8.86. The summed E-state index contributed by atoms with van der Waals surface area (Å²) in [5, 5.41) is 5.40. The first-order valence-corrected chi connectivity index (χ1v) is 9.56. The summed E-state index contributed by atoms with van der Waals surface area (Å²) in [6.07, 6.45) is 1.07. The Morgan fingerprint density at radius 2 is 1.83 bits per heavy atom. The van der Waals surface area contributed by atoms with Crippen LogP contribution in [-0.2, 0) is 16.0 Å². The zero-order valence-electron chi connectivity index (χ0n) is 17.2. The topological polar surface area (TPSA) is 97.0 Å². The Kier molecular flexibility index (Phi) is 6.25. The van der Waals surface area contributed by atoms with Gasteiger partial charge < -0.3 is 20.1 Å². The number of ether oxygens (including phenoxy) is 2. The molecular weight excluding hydrogens is 386 g/mol. The Hall–Kier alpha value is -3.55. The molecule has 1 heterocycles. The predicted molar refractivity (Wildman–Crippen MR) is 112 cm³/mol. The van der Waals surface area contributed by atoms with Crippen LogP contribution in [0.25, 0.3) is 0 Å². The first-order valence-electron chi connectivity index (χ1n) is 9.56. The van der Waals surface area contributed by atoms with Crippen LogP contribution >= 0.6 is 0 Å². The summed E-state index contributed by atoms with van der Waals surface area (Å²) >= 11 is 0.